The zero-order chi connectivity index (χ0) is 17.4. The van der Waals surface area contributed by atoms with Crippen LogP contribution < -0.4 is 14.8 Å². The Bertz CT molecular complexity index is 945. The monoisotopic (exact) mass is 336 g/mol. The average Bonchev–Trinajstić information content (AvgIpc) is 2.93. The SMILES string of the molecule is Cc1[nH]c2ccc(C(=O)NC[C@H]3COc4ccccc4O3)cc2c1C. The number of hydrogen-bond donors (Lipinski definition) is 2. The van der Waals surface area contributed by atoms with Crippen molar-refractivity contribution >= 4 is 16.8 Å². The summed E-state index contributed by atoms with van der Waals surface area (Å²) in [5.74, 6) is 1.35. The molecule has 0 radical (unpaired) electrons. The molecule has 2 aromatic carbocycles. The van der Waals surface area contributed by atoms with Crippen LogP contribution in [0.4, 0.5) is 0 Å². The number of ether oxygens (including phenoxy) is 2. The lowest BCUT2D eigenvalue weighted by atomic mass is 10.1. The van der Waals surface area contributed by atoms with Crippen molar-refractivity contribution in [2.75, 3.05) is 13.2 Å². The minimum Gasteiger partial charge on any atom is -0.486 e. The lowest BCUT2D eigenvalue weighted by Gasteiger charge is -2.26. The van der Waals surface area contributed by atoms with Gasteiger partial charge in [-0.2, -0.15) is 0 Å². The number of para-hydroxylation sites is 2. The summed E-state index contributed by atoms with van der Waals surface area (Å²) in [6.45, 7) is 4.91. The number of hydrogen-bond acceptors (Lipinski definition) is 3. The summed E-state index contributed by atoms with van der Waals surface area (Å²) in [6.07, 6.45) is -0.196. The van der Waals surface area contributed by atoms with Gasteiger partial charge in [-0.3, -0.25) is 4.79 Å². The fraction of sp³-hybridized carbons (Fsp3) is 0.250. The second-order valence-electron chi connectivity index (χ2n) is 6.34. The molecule has 3 aromatic rings. The summed E-state index contributed by atoms with van der Waals surface area (Å²) >= 11 is 0. The van der Waals surface area contributed by atoms with E-state index in [0.29, 0.717) is 24.5 Å². The first-order valence-corrected chi connectivity index (χ1v) is 8.37. The Kier molecular flexibility index (Phi) is 3.84. The van der Waals surface area contributed by atoms with Crippen LogP contribution in [0.1, 0.15) is 21.6 Å². The van der Waals surface area contributed by atoms with Crippen LogP contribution in [0.2, 0.25) is 0 Å². The van der Waals surface area contributed by atoms with Gasteiger partial charge >= 0.3 is 0 Å². The van der Waals surface area contributed by atoms with Crippen molar-refractivity contribution in [2.45, 2.75) is 20.0 Å². The van der Waals surface area contributed by atoms with Crippen LogP contribution in [-0.2, 0) is 0 Å². The van der Waals surface area contributed by atoms with Crippen LogP contribution in [0.25, 0.3) is 10.9 Å². The number of nitrogens with one attached hydrogen (secondary N) is 2. The van der Waals surface area contributed by atoms with Crippen LogP contribution in [0.5, 0.6) is 11.5 Å². The van der Waals surface area contributed by atoms with Gasteiger partial charge in [-0.1, -0.05) is 12.1 Å². The molecule has 5 heteroatoms. The highest BCUT2D eigenvalue weighted by Gasteiger charge is 2.21. The summed E-state index contributed by atoms with van der Waals surface area (Å²) in [4.78, 5) is 15.8. The number of H-pyrrole nitrogens is 1. The maximum Gasteiger partial charge on any atom is 0.251 e. The minimum atomic E-state index is -0.196. The summed E-state index contributed by atoms with van der Waals surface area (Å²) < 4.78 is 11.5. The Labute approximate surface area is 146 Å². The highest BCUT2D eigenvalue weighted by molar-refractivity contribution is 5.99. The molecule has 1 amide bonds. The second kappa shape index (κ2) is 6.16. The zero-order valence-electron chi connectivity index (χ0n) is 14.3. The lowest BCUT2D eigenvalue weighted by molar-refractivity contribution is 0.0789. The molecule has 5 nitrogen and oxygen atoms in total. The lowest BCUT2D eigenvalue weighted by Crippen LogP contribution is -2.40. The molecular formula is C20H20N2O3. The van der Waals surface area contributed by atoms with Crippen LogP contribution in [-0.4, -0.2) is 30.1 Å². The van der Waals surface area contributed by atoms with Gasteiger partial charge in [0, 0.05) is 22.2 Å². The highest BCUT2D eigenvalue weighted by Crippen LogP contribution is 2.30. The van der Waals surface area contributed by atoms with Crippen molar-refractivity contribution in [1.29, 1.82) is 0 Å². The number of aromatic nitrogens is 1. The smallest absolute Gasteiger partial charge is 0.251 e. The normalized spacial score (nSPS) is 16.0. The van der Waals surface area contributed by atoms with Crippen LogP contribution >= 0.6 is 0 Å². The average molecular weight is 336 g/mol. The first-order valence-electron chi connectivity index (χ1n) is 8.37. The molecule has 0 aliphatic carbocycles. The Balaban J connectivity index is 1.43. The quantitative estimate of drug-likeness (QED) is 0.771. The number of carbonyl (C=O) groups is 1. The molecule has 2 N–H and O–H groups in total. The summed E-state index contributed by atoms with van der Waals surface area (Å²) in [5, 5.41) is 4.02. The van der Waals surface area contributed by atoms with Crippen molar-refractivity contribution in [1.82, 2.24) is 10.3 Å². The Morgan fingerprint density at radius 3 is 2.84 bits per heavy atom. The molecule has 1 atom stereocenters. The Morgan fingerprint density at radius 1 is 1.20 bits per heavy atom. The van der Waals surface area contributed by atoms with E-state index in [1.807, 2.05) is 49.4 Å². The van der Waals surface area contributed by atoms with Gasteiger partial charge in [-0.25, -0.2) is 0 Å². The molecule has 1 aromatic heterocycles. The Hall–Kier alpha value is -2.95. The molecule has 4 rings (SSSR count). The largest absolute Gasteiger partial charge is 0.486 e. The van der Waals surface area contributed by atoms with E-state index in [1.165, 1.54) is 5.56 Å². The molecule has 1 aliphatic rings. The maximum absolute atomic E-state index is 12.5. The van der Waals surface area contributed by atoms with E-state index < -0.39 is 0 Å². The van der Waals surface area contributed by atoms with Gasteiger partial charge in [0.1, 0.15) is 12.7 Å². The number of aromatic amines is 1. The van der Waals surface area contributed by atoms with Gasteiger partial charge in [-0.15, -0.1) is 0 Å². The zero-order valence-corrected chi connectivity index (χ0v) is 14.3. The number of rotatable bonds is 3. The van der Waals surface area contributed by atoms with Crippen molar-refractivity contribution < 1.29 is 14.3 Å². The van der Waals surface area contributed by atoms with E-state index >= 15 is 0 Å². The van der Waals surface area contributed by atoms with Gasteiger partial charge in [0.2, 0.25) is 0 Å². The minimum absolute atomic E-state index is 0.109. The Morgan fingerprint density at radius 2 is 2.00 bits per heavy atom. The topological polar surface area (TPSA) is 63.4 Å². The van der Waals surface area contributed by atoms with Crippen molar-refractivity contribution in [3.8, 4) is 11.5 Å². The molecule has 0 unspecified atom stereocenters. The van der Waals surface area contributed by atoms with E-state index in [-0.39, 0.29) is 12.0 Å². The highest BCUT2D eigenvalue weighted by atomic mass is 16.6. The first kappa shape index (κ1) is 15.6. The van der Waals surface area contributed by atoms with E-state index in [9.17, 15) is 4.79 Å². The molecule has 0 saturated carbocycles. The van der Waals surface area contributed by atoms with Gasteiger partial charge < -0.3 is 19.8 Å². The van der Waals surface area contributed by atoms with Crippen molar-refractivity contribution in [2.24, 2.45) is 0 Å². The third-order valence-corrected chi connectivity index (χ3v) is 4.63. The predicted molar refractivity (Wildman–Crippen MR) is 96.5 cm³/mol. The van der Waals surface area contributed by atoms with Crippen LogP contribution in [0.15, 0.2) is 42.5 Å². The molecule has 128 valence electrons. The van der Waals surface area contributed by atoms with Gasteiger partial charge in [-0.05, 0) is 49.7 Å². The fourth-order valence-electron chi connectivity index (χ4n) is 3.07. The second-order valence-corrected chi connectivity index (χ2v) is 6.34. The number of carbonyl (C=O) groups excluding carboxylic acids is 1. The number of fused-ring (bicyclic) bond motifs is 2. The standard InChI is InChI=1S/C20H20N2O3/c1-12-13(2)22-17-8-7-14(9-16(12)17)20(23)21-10-15-11-24-18-5-3-4-6-19(18)25-15/h3-9,15,22H,10-11H2,1-2H3,(H,21,23)/t15-/m0/s1. The number of benzene rings is 2. The van der Waals surface area contributed by atoms with Gasteiger partial charge in [0.25, 0.3) is 5.91 Å². The summed E-state index contributed by atoms with van der Waals surface area (Å²) in [5.41, 5.74) is 3.99. The predicted octanol–water partition coefficient (Wildman–Crippen LogP) is 3.35. The molecule has 0 saturated heterocycles. The third kappa shape index (κ3) is 2.93. The molecular weight excluding hydrogens is 316 g/mol. The van der Waals surface area contributed by atoms with E-state index in [4.69, 9.17) is 9.47 Å². The third-order valence-electron chi connectivity index (χ3n) is 4.63. The summed E-state index contributed by atoms with van der Waals surface area (Å²) in [6, 6.07) is 13.3. The fourth-order valence-corrected chi connectivity index (χ4v) is 3.07. The molecule has 25 heavy (non-hydrogen) atoms. The number of amides is 1. The van der Waals surface area contributed by atoms with Crippen molar-refractivity contribution in [3.05, 3.63) is 59.3 Å². The van der Waals surface area contributed by atoms with E-state index in [0.717, 1.165) is 22.3 Å². The van der Waals surface area contributed by atoms with Crippen LogP contribution in [0, 0.1) is 13.8 Å². The van der Waals surface area contributed by atoms with Gasteiger partial charge in [0.15, 0.2) is 11.5 Å². The number of aryl methyl sites for hydroxylation is 2. The maximum atomic E-state index is 12.5. The summed E-state index contributed by atoms with van der Waals surface area (Å²) in [7, 11) is 0. The molecule has 0 spiro atoms. The molecule has 2 heterocycles. The molecule has 0 bridgehead atoms. The van der Waals surface area contributed by atoms with Crippen LogP contribution in [0.3, 0.4) is 0 Å². The molecule has 0 fully saturated rings. The molecule has 1 aliphatic heterocycles. The van der Waals surface area contributed by atoms with E-state index in [1.54, 1.807) is 0 Å². The van der Waals surface area contributed by atoms with Gasteiger partial charge in [0.05, 0.1) is 6.54 Å². The van der Waals surface area contributed by atoms with E-state index in [2.05, 4.69) is 17.2 Å². The van der Waals surface area contributed by atoms with Crippen molar-refractivity contribution in [3.63, 3.8) is 0 Å². The first-order chi connectivity index (χ1) is 12.1.